The third-order valence-electron chi connectivity index (χ3n) is 6.79. The van der Waals surface area contributed by atoms with E-state index in [1.165, 1.54) is 43.2 Å². The minimum Gasteiger partial charge on any atom is -0.494 e. The molecule has 0 aliphatic carbocycles. The number of aryl methyl sites for hydroxylation is 2. The number of esters is 1. The fraction of sp³-hybridized carbons (Fsp3) is 0.594. The molecule has 35 heavy (non-hydrogen) atoms. The molecule has 1 unspecified atom stereocenters. The number of hydrogen-bond acceptors (Lipinski definition) is 3. The SMILES string of the molecule is CCOc1ccc(C2C(=O)Oc3c(CCCCC(C)(C)C)cc(CCCCC(C)(C)C)cc32)cc1. The van der Waals surface area contributed by atoms with Gasteiger partial charge < -0.3 is 9.47 Å². The molecule has 0 saturated heterocycles. The van der Waals surface area contributed by atoms with Crippen molar-refractivity contribution in [1.29, 1.82) is 0 Å². The van der Waals surface area contributed by atoms with Crippen molar-refractivity contribution in [3.63, 3.8) is 0 Å². The Morgan fingerprint density at radius 3 is 2.00 bits per heavy atom. The predicted octanol–water partition coefficient (Wildman–Crippen LogP) is 8.65. The molecule has 3 nitrogen and oxygen atoms in total. The summed E-state index contributed by atoms with van der Waals surface area (Å²) in [5.41, 5.74) is 5.26. The van der Waals surface area contributed by atoms with Crippen molar-refractivity contribution < 1.29 is 14.3 Å². The molecule has 0 spiro atoms. The van der Waals surface area contributed by atoms with E-state index in [1.54, 1.807) is 0 Å². The summed E-state index contributed by atoms with van der Waals surface area (Å²) in [5, 5.41) is 0. The van der Waals surface area contributed by atoms with E-state index in [1.807, 2.05) is 31.2 Å². The Kier molecular flexibility index (Phi) is 9.07. The van der Waals surface area contributed by atoms with Crippen LogP contribution in [0.25, 0.3) is 0 Å². The van der Waals surface area contributed by atoms with Gasteiger partial charge in [-0.15, -0.1) is 0 Å². The van der Waals surface area contributed by atoms with Gasteiger partial charge >= 0.3 is 5.97 Å². The summed E-state index contributed by atoms with van der Waals surface area (Å²) in [6.45, 7) is 16.4. The second-order valence-electron chi connectivity index (χ2n) is 12.6. The van der Waals surface area contributed by atoms with Gasteiger partial charge in [0.15, 0.2) is 0 Å². The van der Waals surface area contributed by atoms with Crippen LogP contribution in [0.3, 0.4) is 0 Å². The van der Waals surface area contributed by atoms with Gasteiger partial charge in [-0.1, -0.05) is 78.6 Å². The molecule has 2 aromatic carbocycles. The van der Waals surface area contributed by atoms with E-state index < -0.39 is 0 Å². The van der Waals surface area contributed by atoms with E-state index in [0.29, 0.717) is 17.4 Å². The van der Waals surface area contributed by atoms with E-state index in [0.717, 1.165) is 41.9 Å². The molecule has 1 atom stereocenters. The van der Waals surface area contributed by atoms with Crippen LogP contribution in [0.5, 0.6) is 11.5 Å². The van der Waals surface area contributed by atoms with Crippen LogP contribution >= 0.6 is 0 Å². The van der Waals surface area contributed by atoms with Gasteiger partial charge in [-0.05, 0) is 85.1 Å². The number of benzene rings is 2. The normalized spacial score (nSPS) is 15.7. The molecule has 0 saturated carbocycles. The first-order valence-corrected chi connectivity index (χ1v) is 13.6. The monoisotopic (exact) mass is 478 g/mol. The first-order valence-electron chi connectivity index (χ1n) is 13.6. The topological polar surface area (TPSA) is 35.5 Å². The molecule has 0 radical (unpaired) electrons. The fourth-order valence-corrected chi connectivity index (χ4v) is 4.93. The van der Waals surface area contributed by atoms with Crippen molar-refractivity contribution in [2.24, 2.45) is 10.8 Å². The lowest BCUT2D eigenvalue weighted by Gasteiger charge is -2.18. The number of hydrogen-bond donors (Lipinski definition) is 0. The van der Waals surface area contributed by atoms with Gasteiger partial charge in [-0.2, -0.15) is 0 Å². The van der Waals surface area contributed by atoms with Crippen molar-refractivity contribution in [1.82, 2.24) is 0 Å². The summed E-state index contributed by atoms with van der Waals surface area (Å²) in [7, 11) is 0. The molecule has 0 bridgehead atoms. The Hall–Kier alpha value is -2.29. The van der Waals surface area contributed by atoms with E-state index >= 15 is 0 Å². The van der Waals surface area contributed by atoms with Gasteiger partial charge in [0, 0.05) is 5.56 Å². The Balaban J connectivity index is 1.84. The van der Waals surface area contributed by atoms with Gasteiger partial charge in [-0.3, -0.25) is 4.79 Å². The lowest BCUT2D eigenvalue weighted by atomic mass is 9.86. The predicted molar refractivity (Wildman–Crippen MR) is 146 cm³/mol. The van der Waals surface area contributed by atoms with Crippen molar-refractivity contribution in [2.75, 3.05) is 6.61 Å². The average molecular weight is 479 g/mol. The summed E-state index contributed by atoms with van der Waals surface area (Å²) >= 11 is 0. The molecule has 1 heterocycles. The van der Waals surface area contributed by atoms with E-state index in [9.17, 15) is 4.79 Å². The van der Waals surface area contributed by atoms with E-state index in [-0.39, 0.29) is 11.9 Å². The standard InChI is InChI=1S/C32H46O3/c1-8-34-26-17-15-24(16-18-26)28-27-22-23(13-9-11-19-31(2,3)4)21-25(29(27)35-30(28)33)14-10-12-20-32(5,6)7/h15-18,21-22,28H,8-14,19-20H2,1-7H3. The average Bonchev–Trinajstić information content (AvgIpc) is 3.09. The molecule has 0 aromatic heterocycles. The highest BCUT2D eigenvalue weighted by Gasteiger charge is 2.36. The lowest BCUT2D eigenvalue weighted by molar-refractivity contribution is -0.133. The molecular formula is C32H46O3. The van der Waals surface area contributed by atoms with Crippen LogP contribution in [0.2, 0.25) is 0 Å². The molecule has 0 fully saturated rings. The van der Waals surface area contributed by atoms with Crippen LogP contribution in [-0.2, 0) is 17.6 Å². The quantitative estimate of drug-likeness (QED) is 0.184. The highest BCUT2D eigenvalue weighted by Crippen LogP contribution is 2.43. The molecular weight excluding hydrogens is 432 g/mol. The number of carbonyl (C=O) groups excluding carboxylic acids is 1. The third kappa shape index (κ3) is 8.12. The van der Waals surface area contributed by atoms with Crippen molar-refractivity contribution in [2.45, 2.75) is 106 Å². The Morgan fingerprint density at radius 2 is 1.43 bits per heavy atom. The molecule has 2 aromatic rings. The summed E-state index contributed by atoms with van der Waals surface area (Å²) < 4.78 is 11.5. The zero-order valence-corrected chi connectivity index (χ0v) is 23.1. The van der Waals surface area contributed by atoms with Gasteiger partial charge in [0.2, 0.25) is 0 Å². The van der Waals surface area contributed by atoms with E-state index in [4.69, 9.17) is 9.47 Å². The minimum atomic E-state index is -0.358. The lowest BCUT2D eigenvalue weighted by Crippen LogP contribution is -2.11. The first-order chi connectivity index (χ1) is 16.5. The van der Waals surface area contributed by atoms with Gasteiger partial charge in [0.1, 0.15) is 17.4 Å². The maximum absolute atomic E-state index is 13.1. The van der Waals surface area contributed by atoms with Gasteiger partial charge in [0.25, 0.3) is 0 Å². The Morgan fingerprint density at radius 1 is 0.829 bits per heavy atom. The molecule has 0 amide bonds. The number of carbonyl (C=O) groups is 1. The molecule has 3 heteroatoms. The first kappa shape index (κ1) is 27.3. The summed E-state index contributed by atoms with van der Waals surface area (Å²) in [4.78, 5) is 13.1. The molecule has 1 aliphatic rings. The number of fused-ring (bicyclic) bond motifs is 1. The maximum atomic E-state index is 13.1. The maximum Gasteiger partial charge on any atom is 0.323 e. The highest BCUT2D eigenvalue weighted by molar-refractivity contribution is 5.90. The van der Waals surface area contributed by atoms with Crippen LogP contribution in [0.1, 0.15) is 115 Å². The number of ether oxygens (including phenoxy) is 2. The largest absolute Gasteiger partial charge is 0.494 e. The summed E-state index contributed by atoms with van der Waals surface area (Å²) in [6.07, 6.45) is 9.12. The van der Waals surface area contributed by atoms with Crippen molar-refractivity contribution in [3.05, 3.63) is 58.7 Å². The highest BCUT2D eigenvalue weighted by atomic mass is 16.5. The zero-order chi connectivity index (χ0) is 25.6. The molecule has 1 aliphatic heterocycles. The van der Waals surface area contributed by atoms with Gasteiger partial charge in [0.05, 0.1) is 6.61 Å². The summed E-state index contributed by atoms with van der Waals surface area (Å²) in [6, 6.07) is 12.5. The second kappa shape index (κ2) is 11.6. The zero-order valence-electron chi connectivity index (χ0n) is 23.1. The van der Waals surface area contributed by atoms with Crippen molar-refractivity contribution >= 4 is 5.97 Å². The minimum absolute atomic E-state index is 0.162. The van der Waals surface area contributed by atoms with Crippen LogP contribution < -0.4 is 9.47 Å². The Bertz CT molecular complexity index is 974. The Labute approximate surface area is 213 Å². The van der Waals surface area contributed by atoms with Crippen LogP contribution in [0.15, 0.2) is 36.4 Å². The fourth-order valence-electron chi connectivity index (χ4n) is 4.93. The number of rotatable bonds is 11. The van der Waals surface area contributed by atoms with Gasteiger partial charge in [-0.25, -0.2) is 0 Å². The third-order valence-corrected chi connectivity index (χ3v) is 6.79. The number of unbranched alkanes of at least 4 members (excludes halogenated alkanes) is 2. The van der Waals surface area contributed by atoms with Crippen LogP contribution in [0, 0.1) is 10.8 Å². The van der Waals surface area contributed by atoms with Crippen molar-refractivity contribution in [3.8, 4) is 11.5 Å². The second-order valence-corrected chi connectivity index (χ2v) is 12.6. The molecule has 192 valence electrons. The smallest absolute Gasteiger partial charge is 0.323 e. The van der Waals surface area contributed by atoms with E-state index in [2.05, 4.69) is 53.7 Å². The van der Waals surface area contributed by atoms with Crippen LogP contribution in [-0.4, -0.2) is 12.6 Å². The summed E-state index contributed by atoms with van der Waals surface area (Å²) in [5.74, 6) is 1.12. The van der Waals surface area contributed by atoms with Crippen LogP contribution in [0.4, 0.5) is 0 Å². The molecule has 0 N–H and O–H groups in total. The molecule has 3 rings (SSSR count).